The number of hydrogen-bond acceptors (Lipinski definition) is 3. The standard InChI is InChI=1S/C14H17F2NO4/c1-7(2)12(3-4-18)17-13(19)8-5-10(15)11(16)6-9(8)14(20)21/h5-7,12,18H,3-4H2,1-2H3,(H,17,19)(H,20,21). The van der Waals surface area contributed by atoms with Crippen LogP contribution in [0.2, 0.25) is 0 Å². The number of carbonyl (C=O) groups is 2. The molecule has 0 spiro atoms. The Morgan fingerprint density at radius 2 is 1.71 bits per heavy atom. The second-order valence-corrected chi connectivity index (χ2v) is 4.95. The lowest BCUT2D eigenvalue weighted by atomic mass is 9.99. The van der Waals surface area contributed by atoms with Gasteiger partial charge >= 0.3 is 5.97 Å². The smallest absolute Gasteiger partial charge is 0.336 e. The molecular weight excluding hydrogens is 284 g/mol. The number of rotatable bonds is 6. The predicted molar refractivity (Wildman–Crippen MR) is 71.1 cm³/mol. The van der Waals surface area contributed by atoms with Crippen molar-refractivity contribution < 1.29 is 28.6 Å². The Morgan fingerprint density at radius 3 is 2.14 bits per heavy atom. The molecule has 21 heavy (non-hydrogen) atoms. The zero-order valence-corrected chi connectivity index (χ0v) is 11.7. The molecule has 0 aliphatic heterocycles. The Bertz CT molecular complexity index is 546. The van der Waals surface area contributed by atoms with Crippen LogP contribution in [-0.2, 0) is 0 Å². The summed E-state index contributed by atoms with van der Waals surface area (Å²) in [6.45, 7) is 3.46. The topological polar surface area (TPSA) is 86.6 Å². The van der Waals surface area contributed by atoms with Crippen molar-refractivity contribution in [2.75, 3.05) is 6.61 Å². The van der Waals surface area contributed by atoms with Gasteiger partial charge in [-0.2, -0.15) is 0 Å². The summed E-state index contributed by atoms with van der Waals surface area (Å²) in [5, 5.41) is 20.4. The van der Waals surface area contributed by atoms with E-state index < -0.39 is 40.7 Å². The highest BCUT2D eigenvalue weighted by atomic mass is 19.2. The molecule has 0 saturated heterocycles. The molecule has 7 heteroatoms. The van der Waals surface area contributed by atoms with Gasteiger partial charge in [-0.1, -0.05) is 13.8 Å². The third-order valence-electron chi connectivity index (χ3n) is 3.10. The van der Waals surface area contributed by atoms with E-state index in [1.807, 2.05) is 13.8 Å². The first-order chi connectivity index (χ1) is 9.77. The van der Waals surface area contributed by atoms with Gasteiger partial charge in [0.05, 0.1) is 11.1 Å². The predicted octanol–water partition coefficient (Wildman–Crippen LogP) is 1.80. The zero-order valence-electron chi connectivity index (χ0n) is 11.7. The molecular formula is C14H17F2NO4. The van der Waals surface area contributed by atoms with Crippen molar-refractivity contribution in [2.45, 2.75) is 26.3 Å². The molecule has 1 amide bonds. The number of halogens is 2. The Labute approximate surface area is 120 Å². The van der Waals surface area contributed by atoms with E-state index in [-0.39, 0.29) is 18.9 Å². The third-order valence-corrected chi connectivity index (χ3v) is 3.10. The number of aromatic carboxylic acids is 1. The maximum Gasteiger partial charge on any atom is 0.336 e. The minimum absolute atomic E-state index is 0.0142. The van der Waals surface area contributed by atoms with Crippen molar-refractivity contribution >= 4 is 11.9 Å². The number of carboxylic acid groups (broad SMARTS) is 1. The van der Waals surface area contributed by atoms with Crippen LogP contribution in [0.5, 0.6) is 0 Å². The van der Waals surface area contributed by atoms with Crippen molar-refractivity contribution in [1.29, 1.82) is 0 Å². The Morgan fingerprint density at radius 1 is 1.19 bits per heavy atom. The molecule has 1 rings (SSSR count). The molecule has 116 valence electrons. The molecule has 0 saturated carbocycles. The quantitative estimate of drug-likeness (QED) is 0.748. The summed E-state index contributed by atoms with van der Waals surface area (Å²) in [6, 6.07) is 0.630. The largest absolute Gasteiger partial charge is 0.478 e. The molecule has 0 aliphatic carbocycles. The van der Waals surface area contributed by atoms with Crippen LogP contribution in [-0.4, -0.2) is 34.7 Å². The van der Waals surface area contributed by atoms with Crippen LogP contribution in [0.15, 0.2) is 12.1 Å². The van der Waals surface area contributed by atoms with Crippen LogP contribution >= 0.6 is 0 Å². The van der Waals surface area contributed by atoms with Gasteiger partial charge in [-0.05, 0) is 24.5 Å². The maximum absolute atomic E-state index is 13.2. The van der Waals surface area contributed by atoms with E-state index in [2.05, 4.69) is 5.32 Å². The number of benzene rings is 1. The van der Waals surface area contributed by atoms with Gasteiger partial charge in [0.15, 0.2) is 11.6 Å². The van der Waals surface area contributed by atoms with Crippen LogP contribution in [0.25, 0.3) is 0 Å². The second kappa shape index (κ2) is 7.12. The highest BCUT2D eigenvalue weighted by Crippen LogP contribution is 2.16. The molecule has 5 nitrogen and oxygen atoms in total. The number of carboxylic acids is 1. The molecule has 1 aromatic carbocycles. The van der Waals surface area contributed by atoms with Gasteiger partial charge in [0, 0.05) is 12.6 Å². The van der Waals surface area contributed by atoms with E-state index >= 15 is 0 Å². The van der Waals surface area contributed by atoms with Crippen molar-refractivity contribution in [3.05, 3.63) is 34.9 Å². The lowest BCUT2D eigenvalue weighted by Crippen LogP contribution is -2.39. The van der Waals surface area contributed by atoms with E-state index in [1.54, 1.807) is 0 Å². The van der Waals surface area contributed by atoms with Crippen LogP contribution in [0.4, 0.5) is 8.78 Å². The highest BCUT2D eigenvalue weighted by Gasteiger charge is 2.23. The number of amides is 1. The minimum atomic E-state index is -1.53. The summed E-state index contributed by atoms with van der Waals surface area (Å²) < 4.78 is 26.3. The molecule has 0 bridgehead atoms. The summed E-state index contributed by atoms with van der Waals surface area (Å²) >= 11 is 0. The van der Waals surface area contributed by atoms with Gasteiger partial charge in [0.2, 0.25) is 0 Å². The van der Waals surface area contributed by atoms with Gasteiger partial charge in [0.25, 0.3) is 5.91 Å². The number of aliphatic hydroxyl groups is 1. The van der Waals surface area contributed by atoms with Crippen LogP contribution in [0.1, 0.15) is 41.0 Å². The number of hydrogen-bond donors (Lipinski definition) is 3. The first-order valence-corrected chi connectivity index (χ1v) is 6.42. The van der Waals surface area contributed by atoms with Gasteiger partial charge in [0.1, 0.15) is 0 Å². The van der Waals surface area contributed by atoms with Crippen molar-refractivity contribution in [1.82, 2.24) is 5.32 Å². The SMILES string of the molecule is CC(C)C(CCO)NC(=O)c1cc(F)c(F)cc1C(=O)O. The van der Waals surface area contributed by atoms with E-state index in [0.29, 0.717) is 12.1 Å². The van der Waals surface area contributed by atoms with E-state index in [4.69, 9.17) is 10.2 Å². The van der Waals surface area contributed by atoms with Crippen molar-refractivity contribution in [3.8, 4) is 0 Å². The van der Waals surface area contributed by atoms with Crippen molar-refractivity contribution in [3.63, 3.8) is 0 Å². The summed E-state index contributed by atoms with van der Waals surface area (Å²) in [6.07, 6.45) is 0.273. The normalized spacial score (nSPS) is 12.3. The average molecular weight is 301 g/mol. The second-order valence-electron chi connectivity index (χ2n) is 4.95. The Kier molecular flexibility index (Phi) is 5.78. The molecule has 1 unspecified atom stereocenters. The van der Waals surface area contributed by atoms with E-state index in [1.165, 1.54) is 0 Å². The monoisotopic (exact) mass is 301 g/mol. The van der Waals surface area contributed by atoms with Gasteiger partial charge < -0.3 is 15.5 Å². The molecule has 1 atom stereocenters. The Balaban J connectivity index is 3.11. The molecule has 0 radical (unpaired) electrons. The molecule has 0 aliphatic rings. The molecule has 0 aromatic heterocycles. The number of nitrogens with one attached hydrogen (secondary N) is 1. The highest BCUT2D eigenvalue weighted by molar-refractivity contribution is 6.04. The summed E-state index contributed by atoms with van der Waals surface area (Å²) in [4.78, 5) is 23.1. The maximum atomic E-state index is 13.2. The number of carbonyl (C=O) groups excluding carboxylic acids is 1. The summed E-state index contributed by atoms with van der Waals surface area (Å²) in [5.41, 5.74) is -1.07. The fraction of sp³-hybridized carbons (Fsp3) is 0.429. The molecule has 1 aromatic rings. The van der Waals surface area contributed by atoms with Crippen molar-refractivity contribution in [2.24, 2.45) is 5.92 Å². The Hall–Kier alpha value is -2.02. The zero-order chi connectivity index (χ0) is 16.2. The lowest BCUT2D eigenvalue weighted by molar-refractivity contribution is 0.0689. The molecule has 0 heterocycles. The van der Waals surface area contributed by atoms with E-state index in [9.17, 15) is 18.4 Å². The minimum Gasteiger partial charge on any atom is -0.478 e. The average Bonchev–Trinajstić information content (AvgIpc) is 2.40. The summed E-state index contributed by atoms with van der Waals surface area (Å²) in [7, 11) is 0. The van der Waals surface area contributed by atoms with Crippen LogP contribution < -0.4 is 5.32 Å². The number of aliphatic hydroxyl groups excluding tert-OH is 1. The van der Waals surface area contributed by atoms with Gasteiger partial charge in [-0.3, -0.25) is 4.79 Å². The first kappa shape index (κ1) is 17.0. The molecule has 3 N–H and O–H groups in total. The fourth-order valence-corrected chi connectivity index (χ4v) is 1.87. The first-order valence-electron chi connectivity index (χ1n) is 6.42. The van der Waals surface area contributed by atoms with E-state index in [0.717, 1.165) is 0 Å². The van der Waals surface area contributed by atoms with Crippen LogP contribution in [0.3, 0.4) is 0 Å². The van der Waals surface area contributed by atoms with Gasteiger partial charge in [-0.15, -0.1) is 0 Å². The summed E-state index contributed by atoms with van der Waals surface area (Å²) in [5.74, 6) is -4.99. The lowest BCUT2D eigenvalue weighted by Gasteiger charge is -2.22. The fourth-order valence-electron chi connectivity index (χ4n) is 1.87. The molecule has 0 fully saturated rings. The van der Waals surface area contributed by atoms with Crippen LogP contribution in [0, 0.1) is 17.6 Å². The van der Waals surface area contributed by atoms with Gasteiger partial charge in [-0.25, -0.2) is 13.6 Å². The third kappa shape index (κ3) is 4.22.